The summed E-state index contributed by atoms with van der Waals surface area (Å²) in [5, 5.41) is 2.19. The van der Waals surface area contributed by atoms with Crippen molar-refractivity contribution in [2.75, 3.05) is 5.73 Å². The van der Waals surface area contributed by atoms with E-state index < -0.39 is 0 Å². The number of hydrogen-bond donors (Lipinski definition) is 1. The smallest absolute Gasteiger partial charge is 0.163 e. The lowest BCUT2D eigenvalue weighted by Gasteiger charge is -2.07. The van der Waals surface area contributed by atoms with Gasteiger partial charge in [-0.2, -0.15) is 0 Å². The molecule has 1 aliphatic rings. The van der Waals surface area contributed by atoms with Gasteiger partial charge in [0.05, 0.1) is 0 Å². The summed E-state index contributed by atoms with van der Waals surface area (Å²) in [6, 6.07) is 10.0. The van der Waals surface area contributed by atoms with Gasteiger partial charge in [0.15, 0.2) is 5.82 Å². The number of aromatic nitrogens is 3. The maximum Gasteiger partial charge on any atom is 0.163 e. The van der Waals surface area contributed by atoms with Crippen LogP contribution in [-0.2, 0) is 0 Å². The largest absolute Gasteiger partial charge is 0.384 e. The van der Waals surface area contributed by atoms with Crippen LogP contribution in [0.4, 0.5) is 5.82 Å². The Balaban J connectivity index is 1.94. The summed E-state index contributed by atoms with van der Waals surface area (Å²) >= 11 is 0. The van der Waals surface area contributed by atoms with Crippen LogP contribution >= 0.6 is 0 Å². The van der Waals surface area contributed by atoms with Crippen molar-refractivity contribution < 1.29 is 0 Å². The van der Waals surface area contributed by atoms with Crippen molar-refractivity contribution in [3.05, 3.63) is 48.4 Å². The van der Waals surface area contributed by atoms with Gasteiger partial charge < -0.3 is 5.73 Å². The Morgan fingerprint density at radius 2 is 1.90 bits per heavy atom. The summed E-state index contributed by atoms with van der Waals surface area (Å²) < 4.78 is 0. The zero-order valence-electron chi connectivity index (χ0n) is 11.0. The first kappa shape index (κ1) is 11.3. The monoisotopic (exact) mass is 262 g/mol. The Morgan fingerprint density at radius 1 is 1.05 bits per heavy atom. The van der Waals surface area contributed by atoms with Gasteiger partial charge in [0.2, 0.25) is 0 Å². The predicted octanol–water partition coefficient (Wildman–Crippen LogP) is 3.15. The van der Waals surface area contributed by atoms with Gasteiger partial charge >= 0.3 is 0 Å². The van der Waals surface area contributed by atoms with E-state index in [0.717, 1.165) is 22.0 Å². The second kappa shape index (κ2) is 4.27. The normalized spacial score (nSPS) is 14.6. The fourth-order valence-corrected chi connectivity index (χ4v) is 2.49. The van der Waals surface area contributed by atoms with E-state index in [1.165, 1.54) is 12.8 Å². The van der Waals surface area contributed by atoms with Crippen molar-refractivity contribution in [3.8, 4) is 11.4 Å². The molecule has 0 atom stereocenters. The van der Waals surface area contributed by atoms with Crippen molar-refractivity contribution in [2.24, 2.45) is 0 Å². The van der Waals surface area contributed by atoms with Crippen LogP contribution in [0.1, 0.15) is 24.5 Å². The zero-order chi connectivity index (χ0) is 13.5. The quantitative estimate of drug-likeness (QED) is 0.770. The predicted molar refractivity (Wildman–Crippen MR) is 79.2 cm³/mol. The molecule has 4 heteroatoms. The minimum atomic E-state index is 0.532. The summed E-state index contributed by atoms with van der Waals surface area (Å²) in [5.74, 6) is 1.77. The lowest BCUT2D eigenvalue weighted by molar-refractivity contribution is 0.998. The van der Waals surface area contributed by atoms with E-state index >= 15 is 0 Å². The molecule has 2 aromatic heterocycles. The highest BCUT2D eigenvalue weighted by Crippen LogP contribution is 2.40. The summed E-state index contributed by atoms with van der Waals surface area (Å²) in [6.07, 6.45) is 6.06. The molecule has 0 unspecified atom stereocenters. The molecule has 0 bridgehead atoms. The highest BCUT2D eigenvalue weighted by Gasteiger charge is 2.26. The fraction of sp³-hybridized carbons (Fsp3) is 0.188. The number of rotatable bonds is 2. The van der Waals surface area contributed by atoms with E-state index in [9.17, 15) is 0 Å². The van der Waals surface area contributed by atoms with Crippen molar-refractivity contribution in [1.82, 2.24) is 15.0 Å². The summed E-state index contributed by atoms with van der Waals surface area (Å²) in [6.45, 7) is 0. The van der Waals surface area contributed by atoms with Crippen molar-refractivity contribution in [3.63, 3.8) is 0 Å². The van der Waals surface area contributed by atoms with Crippen LogP contribution in [0.15, 0.2) is 42.7 Å². The minimum absolute atomic E-state index is 0.532. The van der Waals surface area contributed by atoms with Crippen molar-refractivity contribution in [1.29, 1.82) is 0 Å². The summed E-state index contributed by atoms with van der Waals surface area (Å²) in [4.78, 5) is 13.4. The molecule has 98 valence electrons. The first-order valence-electron chi connectivity index (χ1n) is 6.79. The summed E-state index contributed by atoms with van der Waals surface area (Å²) in [5.41, 5.74) is 7.93. The molecule has 4 rings (SSSR count). The number of fused-ring (bicyclic) bond motifs is 1. The second-order valence-electron chi connectivity index (χ2n) is 5.22. The van der Waals surface area contributed by atoms with Gasteiger partial charge in [-0.3, -0.25) is 4.98 Å². The molecule has 20 heavy (non-hydrogen) atoms. The number of anilines is 1. The Hall–Kier alpha value is -2.49. The first-order valence-corrected chi connectivity index (χ1v) is 6.79. The minimum Gasteiger partial charge on any atom is -0.384 e. The lowest BCUT2D eigenvalue weighted by Crippen LogP contribution is -2.00. The molecule has 1 saturated carbocycles. The Morgan fingerprint density at radius 3 is 2.75 bits per heavy atom. The number of nitrogens with zero attached hydrogens (tertiary/aromatic N) is 3. The van der Waals surface area contributed by atoms with Gasteiger partial charge in [-0.1, -0.05) is 24.3 Å². The molecule has 2 heterocycles. The van der Waals surface area contributed by atoms with Gasteiger partial charge in [0.1, 0.15) is 5.82 Å². The first-order chi connectivity index (χ1) is 9.81. The molecule has 3 aromatic rings. The van der Waals surface area contributed by atoms with E-state index in [2.05, 4.69) is 21.0 Å². The number of hydrogen-bond acceptors (Lipinski definition) is 4. The van der Waals surface area contributed by atoms with Crippen molar-refractivity contribution in [2.45, 2.75) is 18.8 Å². The third-order valence-corrected chi connectivity index (χ3v) is 3.67. The third kappa shape index (κ3) is 1.90. The maximum absolute atomic E-state index is 5.93. The second-order valence-corrected chi connectivity index (χ2v) is 5.22. The molecule has 1 aliphatic carbocycles. The van der Waals surface area contributed by atoms with Gasteiger partial charge in [-0.05, 0) is 18.2 Å². The fourth-order valence-electron chi connectivity index (χ4n) is 2.49. The van der Waals surface area contributed by atoms with Crippen LogP contribution in [0, 0.1) is 0 Å². The summed E-state index contributed by atoms with van der Waals surface area (Å²) in [7, 11) is 0. The SMILES string of the molecule is Nc1cc(C2CC2)nc(-c2cncc3ccccc23)n1. The van der Waals surface area contributed by atoms with Crippen LogP contribution in [0.3, 0.4) is 0 Å². The van der Waals surface area contributed by atoms with Crippen LogP contribution in [0.2, 0.25) is 0 Å². The maximum atomic E-state index is 5.93. The van der Waals surface area contributed by atoms with E-state index in [-0.39, 0.29) is 0 Å². The number of nitrogen functional groups attached to an aromatic ring is 1. The van der Waals surface area contributed by atoms with Crippen LogP contribution < -0.4 is 5.73 Å². The van der Waals surface area contributed by atoms with Gasteiger partial charge in [0.25, 0.3) is 0 Å². The van der Waals surface area contributed by atoms with E-state index in [1.54, 1.807) is 0 Å². The van der Waals surface area contributed by atoms with Gasteiger partial charge in [-0.25, -0.2) is 9.97 Å². The topological polar surface area (TPSA) is 64.7 Å². The lowest BCUT2D eigenvalue weighted by atomic mass is 10.1. The van der Waals surface area contributed by atoms with Crippen LogP contribution in [-0.4, -0.2) is 15.0 Å². The standard InChI is InChI=1S/C16H14N4/c17-15-7-14(10-5-6-10)19-16(20-15)13-9-18-8-11-3-1-2-4-12(11)13/h1-4,7-10H,5-6H2,(H2,17,19,20). The van der Waals surface area contributed by atoms with Crippen LogP contribution in [0.25, 0.3) is 22.2 Å². The molecule has 2 N–H and O–H groups in total. The van der Waals surface area contributed by atoms with E-state index in [1.807, 2.05) is 36.7 Å². The Kier molecular flexibility index (Phi) is 2.42. The zero-order valence-corrected chi connectivity index (χ0v) is 11.0. The van der Waals surface area contributed by atoms with Gasteiger partial charge in [-0.15, -0.1) is 0 Å². The molecule has 0 amide bonds. The third-order valence-electron chi connectivity index (χ3n) is 3.67. The van der Waals surface area contributed by atoms with E-state index in [0.29, 0.717) is 17.6 Å². The molecular formula is C16H14N4. The molecule has 0 aliphatic heterocycles. The molecule has 1 fully saturated rings. The Labute approximate surface area is 116 Å². The highest BCUT2D eigenvalue weighted by atomic mass is 15.0. The highest BCUT2D eigenvalue weighted by molar-refractivity contribution is 5.94. The van der Waals surface area contributed by atoms with Crippen LogP contribution in [0.5, 0.6) is 0 Å². The molecule has 0 saturated heterocycles. The average Bonchev–Trinajstić information content (AvgIpc) is 3.30. The molecule has 4 nitrogen and oxygen atoms in total. The molecule has 0 radical (unpaired) electrons. The average molecular weight is 262 g/mol. The van der Waals surface area contributed by atoms with Gasteiger partial charge in [0, 0.05) is 41.0 Å². The number of pyridine rings is 1. The molecular weight excluding hydrogens is 248 g/mol. The van der Waals surface area contributed by atoms with Crippen molar-refractivity contribution >= 4 is 16.6 Å². The number of nitrogens with two attached hydrogens (primary N) is 1. The molecule has 0 spiro atoms. The Bertz CT molecular complexity index is 788. The molecule has 1 aromatic carbocycles. The van der Waals surface area contributed by atoms with E-state index in [4.69, 9.17) is 5.73 Å². The number of benzene rings is 1.